The second-order valence-corrected chi connectivity index (χ2v) is 9.13. The van der Waals surface area contributed by atoms with Gasteiger partial charge in [-0.2, -0.15) is 0 Å². The molecule has 0 amide bonds. The van der Waals surface area contributed by atoms with E-state index in [1.807, 2.05) is 43.3 Å². The average molecular weight is 544 g/mol. The van der Waals surface area contributed by atoms with Gasteiger partial charge in [0, 0.05) is 9.13 Å². The Morgan fingerprint density at radius 2 is 1.52 bits per heavy atom. The van der Waals surface area contributed by atoms with Crippen molar-refractivity contribution in [1.82, 2.24) is 0 Å². The molecule has 33 heavy (non-hydrogen) atoms. The third-order valence-electron chi connectivity index (χ3n) is 5.77. The number of carbonyl (C=O) groups excluding carboxylic acids is 1. The van der Waals surface area contributed by atoms with E-state index in [0.29, 0.717) is 17.9 Å². The Hall–Kier alpha value is -3.18. The van der Waals surface area contributed by atoms with Crippen LogP contribution in [0.3, 0.4) is 0 Å². The highest BCUT2D eigenvalue weighted by Gasteiger charge is 2.09. The van der Waals surface area contributed by atoms with Crippen molar-refractivity contribution in [2.45, 2.75) is 20.5 Å². The van der Waals surface area contributed by atoms with Crippen LogP contribution in [-0.4, -0.2) is 6.29 Å². The van der Waals surface area contributed by atoms with Gasteiger partial charge in [-0.05, 0) is 88.0 Å². The molecule has 0 heterocycles. The first kappa shape index (κ1) is 23.0. The Bertz CT molecular complexity index is 1310. The van der Waals surface area contributed by atoms with E-state index < -0.39 is 0 Å². The SMILES string of the molecule is Cc1cc(C=O)c(OCc2ccccc2I)cc1/C=C/c1cccc(-c2ccccc2)c1C. The van der Waals surface area contributed by atoms with Gasteiger partial charge in [-0.1, -0.05) is 78.9 Å². The summed E-state index contributed by atoms with van der Waals surface area (Å²) in [6.45, 7) is 4.59. The summed E-state index contributed by atoms with van der Waals surface area (Å²) in [5.74, 6) is 0.602. The first-order chi connectivity index (χ1) is 16.1. The minimum Gasteiger partial charge on any atom is -0.488 e. The highest BCUT2D eigenvalue weighted by atomic mass is 127. The van der Waals surface area contributed by atoms with Crippen molar-refractivity contribution in [3.8, 4) is 16.9 Å². The molecule has 164 valence electrons. The van der Waals surface area contributed by atoms with Crippen molar-refractivity contribution in [2.24, 2.45) is 0 Å². The van der Waals surface area contributed by atoms with Crippen molar-refractivity contribution in [3.05, 3.63) is 122 Å². The molecule has 0 unspecified atom stereocenters. The fraction of sp³-hybridized carbons (Fsp3) is 0.100. The number of halogens is 1. The van der Waals surface area contributed by atoms with E-state index in [9.17, 15) is 4.79 Å². The summed E-state index contributed by atoms with van der Waals surface area (Å²) < 4.78 is 7.22. The Morgan fingerprint density at radius 3 is 2.27 bits per heavy atom. The molecule has 0 aliphatic rings. The summed E-state index contributed by atoms with van der Waals surface area (Å²) in [7, 11) is 0. The minimum absolute atomic E-state index is 0.421. The van der Waals surface area contributed by atoms with Gasteiger partial charge in [-0.3, -0.25) is 4.79 Å². The van der Waals surface area contributed by atoms with Crippen LogP contribution in [0.2, 0.25) is 0 Å². The highest BCUT2D eigenvalue weighted by molar-refractivity contribution is 14.1. The zero-order valence-electron chi connectivity index (χ0n) is 18.7. The van der Waals surface area contributed by atoms with Crippen molar-refractivity contribution < 1.29 is 9.53 Å². The molecule has 0 spiro atoms. The third-order valence-corrected chi connectivity index (χ3v) is 6.82. The second-order valence-electron chi connectivity index (χ2n) is 7.96. The van der Waals surface area contributed by atoms with Crippen LogP contribution < -0.4 is 4.74 Å². The standard InChI is InChI=1S/C30H25IO2/c1-21-17-27(19-32)30(33-20-26-11-6-7-14-29(26)31)18-25(21)16-15-23-12-8-13-28(22(23)2)24-9-4-3-5-10-24/h3-19H,20H2,1-2H3/b16-15+. The van der Waals surface area contributed by atoms with Gasteiger partial charge in [0.1, 0.15) is 12.4 Å². The lowest BCUT2D eigenvalue weighted by molar-refractivity contribution is 0.111. The monoisotopic (exact) mass is 544 g/mol. The molecule has 3 heteroatoms. The number of hydrogen-bond donors (Lipinski definition) is 0. The molecular weight excluding hydrogens is 519 g/mol. The van der Waals surface area contributed by atoms with Crippen LogP contribution in [0.1, 0.15) is 38.2 Å². The second kappa shape index (κ2) is 10.6. The molecule has 4 aromatic carbocycles. The molecule has 0 fully saturated rings. The zero-order valence-corrected chi connectivity index (χ0v) is 20.9. The molecule has 0 saturated carbocycles. The molecule has 0 N–H and O–H groups in total. The van der Waals surface area contributed by atoms with Crippen LogP contribution in [0.5, 0.6) is 5.75 Å². The van der Waals surface area contributed by atoms with Crippen molar-refractivity contribution in [2.75, 3.05) is 0 Å². The smallest absolute Gasteiger partial charge is 0.153 e. The van der Waals surface area contributed by atoms with Crippen LogP contribution in [0.4, 0.5) is 0 Å². The minimum atomic E-state index is 0.421. The summed E-state index contributed by atoms with van der Waals surface area (Å²) in [5, 5.41) is 0. The van der Waals surface area contributed by atoms with Gasteiger partial charge >= 0.3 is 0 Å². The number of carbonyl (C=O) groups is 1. The fourth-order valence-electron chi connectivity index (χ4n) is 3.84. The lowest BCUT2D eigenvalue weighted by atomic mass is 9.95. The number of aryl methyl sites for hydroxylation is 1. The van der Waals surface area contributed by atoms with Crippen molar-refractivity contribution in [3.63, 3.8) is 0 Å². The molecule has 0 radical (unpaired) electrons. The predicted molar refractivity (Wildman–Crippen MR) is 146 cm³/mol. The van der Waals surface area contributed by atoms with Crippen LogP contribution >= 0.6 is 22.6 Å². The Labute approximate surface area is 209 Å². The summed E-state index contributed by atoms with van der Waals surface area (Å²) in [6, 6.07) is 28.8. The Balaban J connectivity index is 1.62. The molecule has 0 atom stereocenters. The van der Waals surface area contributed by atoms with E-state index in [-0.39, 0.29) is 0 Å². The van der Waals surface area contributed by atoms with Crippen LogP contribution in [0.15, 0.2) is 84.9 Å². The number of rotatable bonds is 7. The number of hydrogen-bond acceptors (Lipinski definition) is 2. The van der Waals surface area contributed by atoms with Crippen molar-refractivity contribution in [1.29, 1.82) is 0 Å². The summed E-state index contributed by atoms with van der Waals surface area (Å²) in [5.41, 5.74) is 8.57. The van der Waals surface area contributed by atoms with E-state index >= 15 is 0 Å². The Morgan fingerprint density at radius 1 is 0.788 bits per heavy atom. The van der Waals surface area contributed by atoms with Gasteiger partial charge in [0.05, 0.1) is 5.56 Å². The number of aldehydes is 1. The van der Waals surface area contributed by atoms with E-state index in [1.54, 1.807) is 0 Å². The van der Waals surface area contributed by atoms with Gasteiger partial charge in [0.25, 0.3) is 0 Å². The first-order valence-corrected chi connectivity index (χ1v) is 11.9. The predicted octanol–water partition coefficient (Wildman–Crippen LogP) is 8.14. The molecule has 0 aliphatic heterocycles. The van der Waals surface area contributed by atoms with Gasteiger partial charge in [-0.15, -0.1) is 0 Å². The molecule has 0 aliphatic carbocycles. The molecular formula is C30H25IO2. The molecule has 0 bridgehead atoms. The van der Waals surface area contributed by atoms with Crippen LogP contribution in [-0.2, 0) is 6.61 Å². The maximum Gasteiger partial charge on any atom is 0.153 e. The molecule has 4 rings (SSSR count). The lowest BCUT2D eigenvalue weighted by Crippen LogP contribution is -2.01. The van der Waals surface area contributed by atoms with Crippen LogP contribution in [0, 0.1) is 17.4 Å². The summed E-state index contributed by atoms with van der Waals surface area (Å²) in [6.07, 6.45) is 5.09. The Kier molecular flexibility index (Phi) is 7.40. The lowest BCUT2D eigenvalue weighted by Gasteiger charge is -2.13. The normalized spacial score (nSPS) is 11.0. The maximum atomic E-state index is 11.7. The topological polar surface area (TPSA) is 26.3 Å². The largest absolute Gasteiger partial charge is 0.488 e. The van der Waals surface area contributed by atoms with Crippen molar-refractivity contribution >= 4 is 41.0 Å². The van der Waals surface area contributed by atoms with E-state index in [4.69, 9.17) is 4.74 Å². The van der Waals surface area contributed by atoms with Gasteiger partial charge in [0.15, 0.2) is 6.29 Å². The van der Waals surface area contributed by atoms with Gasteiger partial charge in [0.2, 0.25) is 0 Å². The summed E-state index contributed by atoms with van der Waals surface area (Å²) >= 11 is 2.30. The van der Waals surface area contributed by atoms with Gasteiger partial charge in [-0.25, -0.2) is 0 Å². The highest BCUT2D eigenvalue weighted by Crippen LogP contribution is 2.29. The first-order valence-electron chi connectivity index (χ1n) is 10.9. The zero-order chi connectivity index (χ0) is 23.2. The molecule has 2 nitrogen and oxygen atoms in total. The summed E-state index contributed by atoms with van der Waals surface area (Å²) in [4.78, 5) is 11.7. The third kappa shape index (κ3) is 5.42. The molecule has 4 aromatic rings. The van der Waals surface area contributed by atoms with Gasteiger partial charge < -0.3 is 4.74 Å². The average Bonchev–Trinajstić information content (AvgIpc) is 2.84. The fourth-order valence-corrected chi connectivity index (χ4v) is 4.38. The van der Waals surface area contributed by atoms with E-state index in [1.165, 1.54) is 16.7 Å². The maximum absolute atomic E-state index is 11.7. The molecule has 0 aromatic heterocycles. The van der Waals surface area contributed by atoms with E-state index in [2.05, 4.69) is 90.2 Å². The number of benzene rings is 4. The molecule has 0 saturated heterocycles. The van der Waals surface area contributed by atoms with Crippen LogP contribution in [0.25, 0.3) is 23.3 Å². The quantitative estimate of drug-likeness (QED) is 0.133. The van der Waals surface area contributed by atoms with E-state index in [0.717, 1.165) is 32.1 Å². The number of ether oxygens (including phenoxy) is 1.